The van der Waals surface area contributed by atoms with E-state index < -0.39 is 0 Å². The lowest BCUT2D eigenvalue weighted by molar-refractivity contribution is 0.244. The first-order valence-electron chi connectivity index (χ1n) is 8.08. The van der Waals surface area contributed by atoms with Gasteiger partial charge < -0.3 is 19.9 Å². The van der Waals surface area contributed by atoms with Crippen molar-refractivity contribution in [2.24, 2.45) is 0 Å². The standard InChI is InChI=1S/C18H21N5O2/c1-11(2)24-15-8-6-5-7-14(15)20-16-9-12(3)19-18(21-16)22-17-10-13(4)25-23-17/h5-11H,1-4H3,(H2,19,20,21,22,23). The van der Waals surface area contributed by atoms with Gasteiger partial charge in [0.1, 0.15) is 17.3 Å². The molecule has 0 radical (unpaired) electrons. The quantitative estimate of drug-likeness (QED) is 0.690. The molecule has 3 rings (SSSR count). The molecular weight excluding hydrogens is 318 g/mol. The van der Waals surface area contributed by atoms with Crippen molar-refractivity contribution < 1.29 is 9.26 Å². The fraction of sp³-hybridized carbons (Fsp3) is 0.278. The zero-order valence-electron chi connectivity index (χ0n) is 14.7. The Morgan fingerprint density at radius 3 is 2.52 bits per heavy atom. The Labute approximate surface area is 146 Å². The molecule has 2 aromatic heterocycles. The normalized spacial score (nSPS) is 10.8. The number of rotatable bonds is 6. The van der Waals surface area contributed by atoms with Crippen molar-refractivity contribution in [3.8, 4) is 5.75 Å². The number of aryl methyl sites for hydroxylation is 2. The molecule has 1 aromatic carbocycles. The zero-order chi connectivity index (χ0) is 17.8. The van der Waals surface area contributed by atoms with Gasteiger partial charge in [0.15, 0.2) is 5.82 Å². The number of benzene rings is 1. The number of ether oxygens (including phenoxy) is 1. The number of hydrogen-bond acceptors (Lipinski definition) is 7. The first kappa shape index (κ1) is 16.8. The fourth-order valence-electron chi connectivity index (χ4n) is 2.29. The summed E-state index contributed by atoms with van der Waals surface area (Å²) in [5, 5.41) is 10.2. The van der Waals surface area contributed by atoms with Crippen LogP contribution in [0.15, 0.2) is 40.9 Å². The van der Waals surface area contributed by atoms with Crippen molar-refractivity contribution in [1.82, 2.24) is 15.1 Å². The van der Waals surface area contributed by atoms with E-state index in [9.17, 15) is 0 Å². The highest BCUT2D eigenvalue weighted by atomic mass is 16.5. The molecule has 0 atom stereocenters. The van der Waals surface area contributed by atoms with Gasteiger partial charge in [0, 0.05) is 17.8 Å². The second kappa shape index (κ2) is 7.21. The molecule has 0 fully saturated rings. The van der Waals surface area contributed by atoms with Gasteiger partial charge in [-0.3, -0.25) is 0 Å². The summed E-state index contributed by atoms with van der Waals surface area (Å²) in [6, 6.07) is 11.4. The summed E-state index contributed by atoms with van der Waals surface area (Å²) in [4.78, 5) is 8.86. The number of hydrogen-bond donors (Lipinski definition) is 2. The van der Waals surface area contributed by atoms with Gasteiger partial charge in [0.25, 0.3) is 0 Å². The van der Waals surface area contributed by atoms with Crippen molar-refractivity contribution >= 4 is 23.3 Å². The predicted molar refractivity (Wildman–Crippen MR) is 96.8 cm³/mol. The lowest BCUT2D eigenvalue weighted by Gasteiger charge is -2.15. The van der Waals surface area contributed by atoms with Gasteiger partial charge in [0.05, 0.1) is 11.8 Å². The van der Waals surface area contributed by atoms with Crippen molar-refractivity contribution in [3.63, 3.8) is 0 Å². The highest BCUT2D eigenvalue weighted by molar-refractivity contribution is 5.65. The summed E-state index contributed by atoms with van der Waals surface area (Å²) in [7, 11) is 0. The Morgan fingerprint density at radius 2 is 1.80 bits per heavy atom. The molecule has 0 saturated carbocycles. The Balaban J connectivity index is 1.83. The molecule has 0 aliphatic carbocycles. The lowest BCUT2D eigenvalue weighted by atomic mass is 10.3. The van der Waals surface area contributed by atoms with Gasteiger partial charge in [-0.15, -0.1) is 0 Å². The maximum Gasteiger partial charge on any atom is 0.230 e. The molecule has 0 amide bonds. The first-order valence-corrected chi connectivity index (χ1v) is 8.08. The van der Waals surface area contributed by atoms with Crippen LogP contribution in [0.25, 0.3) is 0 Å². The van der Waals surface area contributed by atoms with E-state index in [4.69, 9.17) is 9.26 Å². The topological polar surface area (TPSA) is 85.1 Å². The minimum Gasteiger partial charge on any atom is -0.489 e. The van der Waals surface area contributed by atoms with Crippen LogP contribution in [0.3, 0.4) is 0 Å². The van der Waals surface area contributed by atoms with Crippen molar-refractivity contribution in [2.45, 2.75) is 33.8 Å². The van der Waals surface area contributed by atoms with Crippen LogP contribution < -0.4 is 15.4 Å². The Morgan fingerprint density at radius 1 is 1.00 bits per heavy atom. The molecule has 0 spiro atoms. The maximum atomic E-state index is 5.83. The predicted octanol–water partition coefficient (Wildman–Crippen LogP) is 4.36. The Hall–Kier alpha value is -3.09. The molecule has 0 unspecified atom stereocenters. The van der Waals surface area contributed by atoms with Gasteiger partial charge in [-0.2, -0.15) is 4.98 Å². The second-order valence-electron chi connectivity index (χ2n) is 5.95. The van der Waals surface area contributed by atoms with E-state index in [0.717, 1.165) is 17.1 Å². The Kier molecular flexibility index (Phi) is 4.83. The van der Waals surface area contributed by atoms with Crippen LogP contribution in [-0.4, -0.2) is 21.2 Å². The summed E-state index contributed by atoms with van der Waals surface area (Å²) < 4.78 is 10.9. The molecule has 25 heavy (non-hydrogen) atoms. The summed E-state index contributed by atoms with van der Waals surface area (Å²) in [5.74, 6) is 3.16. The molecule has 0 aliphatic rings. The van der Waals surface area contributed by atoms with E-state index in [1.165, 1.54) is 0 Å². The second-order valence-corrected chi connectivity index (χ2v) is 5.95. The van der Waals surface area contributed by atoms with E-state index in [-0.39, 0.29) is 6.10 Å². The molecule has 7 heteroatoms. The highest BCUT2D eigenvalue weighted by Gasteiger charge is 2.09. The van der Waals surface area contributed by atoms with E-state index >= 15 is 0 Å². The van der Waals surface area contributed by atoms with Gasteiger partial charge in [0.2, 0.25) is 5.95 Å². The number of nitrogens with one attached hydrogen (secondary N) is 2. The van der Waals surface area contributed by atoms with Crippen LogP contribution in [0.4, 0.5) is 23.3 Å². The highest BCUT2D eigenvalue weighted by Crippen LogP contribution is 2.28. The van der Waals surface area contributed by atoms with Crippen molar-refractivity contribution in [1.29, 1.82) is 0 Å². The average molecular weight is 339 g/mol. The van der Waals surface area contributed by atoms with Crippen molar-refractivity contribution in [2.75, 3.05) is 10.6 Å². The van der Waals surface area contributed by atoms with Gasteiger partial charge in [-0.25, -0.2) is 4.98 Å². The SMILES string of the molecule is Cc1cc(Nc2ccccc2OC(C)C)nc(Nc2cc(C)on2)n1. The van der Waals surface area contributed by atoms with Crippen LogP contribution in [-0.2, 0) is 0 Å². The molecular formula is C18H21N5O2. The molecule has 2 heterocycles. The molecule has 0 bridgehead atoms. The summed E-state index contributed by atoms with van der Waals surface area (Å²) in [5.41, 5.74) is 1.67. The zero-order valence-corrected chi connectivity index (χ0v) is 14.7. The minimum atomic E-state index is 0.0858. The molecule has 2 N–H and O–H groups in total. The van der Waals surface area contributed by atoms with E-state index in [0.29, 0.717) is 23.3 Å². The fourth-order valence-corrected chi connectivity index (χ4v) is 2.29. The third-order valence-electron chi connectivity index (χ3n) is 3.23. The number of aromatic nitrogens is 3. The van der Waals surface area contributed by atoms with Gasteiger partial charge in [-0.1, -0.05) is 17.3 Å². The Bertz CT molecular complexity index is 860. The van der Waals surface area contributed by atoms with E-state index in [1.54, 1.807) is 6.07 Å². The molecule has 130 valence electrons. The number of anilines is 4. The molecule has 7 nitrogen and oxygen atoms in total. The summed E-state index contributed by atoms with van der Waals surface area (Å²) >= 11 is 0. The van der Waals surface area contributed by atoms with Crippen LogP contribution in [0.2, 0.25) is 0 Å². The van der Waals surface area contributed by atoms with Crippen LogP contribution in [0.1, 0.15) is 25.3 Å². The van der Waals surface area contributed by atoms with E-state index in [1.807, 2.05) is 58.0 Å². The summed E-state index contributed by atoms with van der Waals surface area (Å²) in [6.07, 6.45) is 0.0858. The van der Waals surface area contributed by atoms with Crippen LogP contribution in [0.5, 0.6) is 5.75 Å². The van der Waals surface area contributed by atoms with Crippen LogP contribution >= 0.6 is 0 Å². The average Bonchev–Trinajstić information content (AvgIpc) is 2.93. The first-order chi connectivity index (χ1) is 12.0. The molecule has 3 aromatic rings. The number of nitrogens with zero attached hydrogens (tertiary/aromatic N) is 3. The third kappa shape index (κ3) is 4.47. The third-order valence-corrected chi connectivity index (χ3v) is 3.23. The largest absolute Gasteiger partial charge is 0.489 e. The lowest BCUT2D eigenvalue weighted by Crippen LogP contribution is -2.08. The maximum absolute atomic E-state index is 5.83. The smallest absolute Gasteiger partial charge is 0.230 e. The molecule has 0 aliphatic heterocycles. The van der Waals surface area contributed by atoms with Gasteiger partial charge >= 0.3 is 0 Å². The van der Waals surface area contributed by atoms with E-state index in [2.05, 4.69) is 25.8 Å². The van der Waals surface area contributed by atoms with Gasteiger partial charge in [-0.05, 0) is 39.8 Å². The molecule has 0 saturated heterocycles. The summed E-state index contributed by atoms with van der Waals surface area (Å²) in [6.45, 7) is 7.72. The van der Waals surface area contributed by atoms with Crippen molar-refractivity contribution in [3.05, 3.63) is 47.9 Å². The monoisotopic (exact) mass is 339 g/mol. The van der Waals surface area contributed by atoms with Crippen LogP contribution in [0, 0.1) is 13.8 Å². The number of para-hydroxylation sites is 2. The minimum absolute atomic E-state index is 0.0858.